The molecular weight excluding hydrogens is 795 g/mol. The van der Waals surface area contributed by atoms with Crippen molar-refractivity contribution in [2.24, 2.45) is 0 Å². The first kappa shape index (κ1) is 31.0. The van der Waals surface area contributed by atoms with Crippen LogP contribution < -0.4 is 4.90 Å². The van der Waals surface area contributed by atoms with Gasteiger partial charge < -0.3 is 4.90 Å². The Morgan fingerprint density at radius 1 is 0.303 bits per heavy atom. The molecule has 66 heavy (non-hydrogen) atoms. The van der Waals surface area contributed by atoms with E-state index >= 15 is 0 Å². The van der Waals surface area contributed by atoms with E-state index in [0.29, 0.717) is 22.3 Å². The van der Waals surface area contributed by atoms with Crippen molar-refractivity contribution in [3.63, 3.8) is 0 Å². The lowest BCUT2D eigenvalue weighted by atomic mass is 9.68. The Morgan fingerprint density at radius 2 is 0.727 bits per heavy atom. The van der Waals surface area contributed by atoms with Gasteiger partial charge in [0.15, 0.2) is 0 Å². The minimum atomic E-state index is -2.13. The first-order chi connectivity index (χ1) is 35.7. The standard InChI is InChI=1S/C65H47N/c1-5-16-46(17-6-1)57-42-52(50-34-30-44-28-32-48(44)40-50)36-38-61(57)66(62-39-37-53(43-58(62)47-18-7-2-8-19-47)51-35-31-45-29-33-49(45)41-51)63-27-15-26-60-64(63)56-24-13-14-25-59(56)65(60,54-20-9-3-10-21-54)55-22-11-4-12-23-55/h1-27,30-31,34-43H,28-29,32-33H2/i28D2,29D2,32D2,33D2. The molecule has 10 aromatic rings. The first-order valence-electron chi connectivity index (χ1n) is 26.6. The molecule has 10 aromatic carbocycles. The highest BCUT2D eigenvalue weighted by Crippen LogP contribution is 2.60. The van der Waals surface area contributed by atoms with Gasteiger partial charge in [0.2, 0.25) is 0 Å². The molecule has 0 bridgehead atoms. The van der Waals surface area contributed by atoms with Gasteiger partial charge in [-0.2, -0.15) is 0 Å². The number of hydrogen-bond donors (Lipinski definition) is 0. The third kappa shape index (κ3) is 6.07. The molecule has 0 atom stereocenters. The van der Waals surface area contributed by atoms with E-state index in [0.717, 1.165) is 89.4 Å². The Balaban J connectivity index is 1.11. The van der Waals surface area contributed by atoms with Crippen LogP contribution in [0.15, 0.2) is 237 Å². The fourth-order valence-corrected chi connectivity index (χ4v) is 10.6. The van der Waals surface area contributed by atoms with Crippen molar-refractivity contribution in [2.75, 3.05) is 4.90 Å². The minimum absolute atomic E-state index is 0.362. The fourth-order valence-electron chi connectivity index (χ4n) is 10.6. The smallest absolute Gasteiger partial charge is 0.0714 e. The molecule has 0 aromatic heterocycles. The van der Waals surface area contributed by atoms with Gasteiger partial charge >= 0.3 is 0 Å². The maximum atomic E-state index is 8.69. The van der Waals surface area contributed by atoms with Crippen LogP contribution in [-0.4, -0.2) is 0 Å². The Hall–Kier alpha value is -8.00. The largest absolute Gasteiger partial charge is 0.309 e. The van der Waals surface area contributed by atoms with E-state index in [1.807, 2.05) is 48.5 Å². The van der Waals surface area contributed by atoms with Crippen LogP contribution in [0.4, 0.5) is 17.1 Å². The van der Waals surface area contributed by atoms with E-state index in [1.165, 1.54) is 5.56 Å². The van der Waals surface area contributed by atoms with Gasteiger partial charge in [-0.15, -0.1) is 0 Å². The molecule has 0 unspecified atom stereocenters. The maximum Gasteiger partial charge on any atom is 0.0714 e. The van der Waals surface area contributed by atoms with Gasteiger partial charge in [-0.05, 0) is 139 Å². The molecule has 1 heteroatoms. The van der Waals surface area contributed by atoms with Crippen molar-refractivity contribution in [1.82, 2.24) is 0 Å². The second-order valence-corrected chi connectivity index (χ2v) is 17.3. The summed E-state index contributed by atoms with van der Waals surface area (Å²) in [6, 6.07) is 81.2. The van der Waals surface area contributed by atoms with E-state index < -0.39 is 30.9 Å². The molecule has 0 fully saturated rings. The number of fused-ring (bicyclic) bond motifs is 5. The first-order valence-corrected chi connectivity index (χ1v) is 22.6. The highest BCUT2D eigenvalue weighted by molar-refractivity contribution is 6.03. The summed E-state index contributed by atoms with van der Waals surface area (Å²) in [5.41, 5.74) is 17.4. The lowest BCUT2D eigenvalue weighted by Gasteiger charge is -2.35. The highest BCUT2D eigenvalue weighted by atomic mass is 15.2. The zero-order chi connectivity index (χ0) is 50.8. The topological polar surface area (TPSA) is 3.24 Å². The Bertz CT molecular complexity index is 3650. The van der Waals surface area contributed by atoms with Crippen LogP contribution in [-0.2, 0) is 30.9 Å². The van der Waals surface area contributed by atoms with E-state index in [9.17, 15) is 0 Å². The molecule has 0 heterocycles. The normalized spacial score (nSPS) is 18.5. The highest BCUT2D eigenvalue weighted by Gasteiger charge is 2.47. The summed E-state index contributed by atoms with van der Waals surface area (Å²) >= 11 is 0. The van der Waals surface area contributed by atoms with Crippen LogP contribution in [0.3, 0.4) is 0 Å². The van der Waals surface area contributed by atoms with Gasteiger partial charge in [0, 0.05) is 27.7 Å². The van der Waals surface area contributed by atoms with Crippen molar-refractivity contribution in [1.29, 1.82) is 0 Å². The van der Waals surface area contributed by atoms with Crippen LogP contribution in [0.1, 0.15) is 55.5 Å². The van der Waals surface area contributed by atoms with Crippen molar-refractivity contribution in [3.05, 3.63) is 281 Å². The van der Waals surface area contributed by atoms with Gasteiger partial charge in [0.05, 0.1) is 22.5 Å². The number of anilines is 3. The zero-order valence-electron chi connectivity index (χ0n) is 44.0. The molecule has 13 rings (SSSR count). The molecule has 0 saturated carbocycles. The summed E-state index contributed by atoms with van der Waals surface area (Å²) in [5, 5.41) is 0. The maximum absolute atomic E-state index is 8.69. The predicted octanol–water partition coefficient (Wildman–Crippen LogP) is 16.4. The zero-order valence-corrected chi connectivity index (χ0v) is 36.0. The summed E-state index contributed by atoms with van der Waals surface area (Å²) in [4.78, 5) is 2.38. The lowest BCUT2D eigenvalue weighted by molar-refractivity contribution is 0.768. The van der Waals surface area contributed by atoms with Crippen LogP contribution in [0.25, 0.3) is 55.6 Å². The summed E-state index contributed by atoms with van der Waals surface area (Å²) in [7, 11) is 0. The summed E-state index contributed by atoms with van der Waals surface area (Å²) in [6.07, 6.45) is -8.42. The Labute approximate surface area is 399 Å². The van der Waals surface area contributed by atoms with Gasteiger partial charge in [-0.3, -0.25) is 0 Å². The van der Waals surface area contributed by atoms with Crippen LogP contribution in [0, 0.1) is 0 Å². The number of benzene rings is 10. The number of aryl methyl sites for hydroxylation is 4. The minimum Gasteiger partial charge on any atom is -0.309 e. The monoisotopic (exact) mass is 849 g/mol. The van der Waals surface area contributed by atoms with Crippen LogP contribution >= 0.6 is 0 Å². The molecule has 0 N–H and O–H groups in total. The molecule has 0 radical (unpaired) electrons. The number of nitrogens with zero attached hydrogens (tertiary/aromatic N) is 1. The molecule has 0 amide bonds. The molecule has 3 aliphatic carbocycles. The van der Waals surface area contributed by atoms with Crippen molar-refractivity contribution in [2.45, 2.75) is 30.9 Å². The predicted molar refractivity (Wildman–Crippen MR) is 275 cm³/mol. The third-order valence-corrected chi connectivity index (χ3v) is 13.7. The average Bonchev–Trinajstić information content (AvgIpc) is 3.75. The molecule has 0 saturated heterocycles. The SMILES string of the molecule is [2H]C1([2H])c2ccc(-c3ccc(N(c4ccc(-c5ccc6c(c5)C([2H])([2H])C6([2H])[2H])cc4-c4ccccc4)c4cccc5c4-c4ccccc4C5(c4ccccc4)c4ccccc4)c(-c4ccccc4)c3)cc2C1([2H])[2H]. The Kier molecular flexibility index (Phi) is 7.33. The van der Waals surface area contributed by atoms with Gasteiger partial charge in [0.25, 0.3) is 0 Å². The van der Waals surface area contributed by atoms with E-state index in [4.69, 9.17) is 11.0 Å². The summed E-state index contributed by atoms with van der Waals surface area (Å²) in [6.45, 7) is 0. The molecule has 312 valence electrons. The van der Waals surface area contributed by atoms with Crippen LogP contribution in [0.5, 0.6) is 0 Å². The van der Waals surface area contributed by atoms with E-state index in [2.05, 4.69) is 169 Å². The van der Waals surface area contributed by atoms with Crippen LogP contribution in [0.2, 0.25) is 0 Å². The molecule has 0 aliphatic heterocycles. The quantitative estimate of drug-likeness (QED) is 0.140. The van der Waals surface area contributed by atoms with Crippen molar-refractivity contribution in [3.8, 4) is 55.6 Å². The van der Waals surface area contributed by atoms with Crippen molar-refractivity contribution < 1.29 is 11.0 Å². The van der Waals surface area contributed by atoms with E-state index in [-0.39, 0.29) is 0 Å². The second kappa shape index (κ2) is 15.6. The lowest BCUT2D eigenvalue weighted by Crippen LogP contribution is -2.28. The molecule has 3 aliphatic rings. The Morgan fingerprint density at radius 3 is 1.26 bits per heavy atom. The summed E-state index contributed by atoms with van der Waals surface area (Å²) in [5.74, 6) is 0. The summed E-state index contributed by atoms with van der Waals surface area (Å²) < 4.78 is 68.7. The van der Waals surface area contributed by atoms with Crippen molar-refractivity contribution >= 4 is 17.1 Å². The second-order valence-electron chi connectivity index (χ2n) is 17.3. The van der Waals surface area contributed by atoms with Gasteiger partial charge in [-0.1, -0.05) is 206 Å². The molecule has 0 spiro atoms. The average molecular weight is 850 g/mol. The number of rotatable bonds is 9. The molecular formula is C65H47N. The fraction of sp³-hybridized carbons (Fsp3) is 0.0769. The third-order valence-electron chi connectivity index (χ3n) is 13.7. The van der Waals surface area contributed by atoms with Gasteiger partial charge in [0.1, 0.15) is 0 Å². The number of hydrogen-bond acceptors (Lipinski definition) is 1. The van der Waals surface area contributed by atoms with E-state index in [1.54, 1.807) is 24.3 Å². The molecule has 1 nitrogen and oxygen atoms in total. The van der Waals surface area contributed by atoms with Gasteiger partial charge in [-0.25, -0.2) is 0 Å².